The lowest BCUT2D eigenvalue weighted by atomic mass is 10.3. The van der Waals surface area contributed by atoms with E-state index in [2.05, 4.69) is 15.6 Å². The molecule has 0 fully saturated rings. The van der Waals surface area contributed by atoms with E-state index >= 15 is 0 Å². The van der Waals surface area contributed by atoms with Gasteiger partial charge in [-0.25, -0.2) is 0 Å². The number of nitrogens with zero attached hydrogens (tertiary/aromatic N) is 4. The predicted octanol–water partition coefficient (Wildman–Crippen LogP) is 1.65. The second kappa shape index (κ2) is 5.35. The molecule has 0 spiro atoms. The van der Waals surface area contributed by atoms with Crippen LogP contribution >= 0.6 is 0 Å². The number of nitrogens with one attached hydrogen (secondary N) is 1. The number of aromatic nitrogens is 3. The number of rotatable bonds is 4. The molecule has 21 heavy (non-hydrogen) atoms. The van der Waals surface area contributed by atoms with E-state index in [1.807, 2.05) is 0 Å². The van der Waals surface area contributed by atoms with Crippen LogP contribution in [-0.4, -0.2) is 25.8 Å². The third kappa shape index (κ3) is 2.76. The van der Waals surface area contributed by atoms with E-state index in [-0.39, 0.29) is 23.8 Å². The maximum atomic E-state index is 12.0. The first-order chi connectivity index (χ1) is 9.81. The molecule has 0 aliphatic heterocycles. The number of aryl methyl sites for hydroxylation is 3. The summed E-state index contributed by atoms with van der Waals surface area (Å²) >= 11 is 0. The van der Waals surface area contributed by atoms with Gasteiger partial charge in [0.15, 0.2) is 5.76 Å². The molecule has 0 saturated carbocycles. The third-order valence-corrected chi connectivity index (χ3v) is 3.12. The quantitative estimate of drug-likeness (QED) is 0.676. The van der Waals surface area contributed by atoms with Crippen LogP contribution in [0.5, 0.6) is 0 Å². The van der Waals surface area contributed by atoms with Crippen LogP contribution in [0.4, 0.5) is 11.4 Å². The van der Waals surface area contributed by atoms with E-state index in [4.69, 9.17) is 4.52 Å². The summed E-state index contributed by atoms with van der Waals surface area (Å²) in [5.74, 6) is 0.144. The number of amides is 1. The number of hydrogen-bond donors (Lipinski definition) is 1. The van der Waals surface area contributed by atoms with Crippen molar-refractivity contribution in [2.75, 3.05) is 5.32 Å². The first kappa shape index (κ1) is 14.7. The lowest BCUT2D eigenvalue weighted by Gasteiger charge is -2.05. The van der Waals surface area contributed by atoms with Gasteiger partial charge in [0, 0.05) is 0 Å². The zero-order chi connectivity index (χ0) is 15.7. The van der Waals surface area contributed by atoms with Crippen molar-refractivity contribution < 1.29 is 14.2 Å². The van der Waals surface area contributed by atoms with E-state index in [1.54, 1.807) is 20.8 Å². The molecular weight excluding hydrogens is 278 g/mol. The highest BCUT2D eigenvalue weighted by atomic mass is 16.6. The second-order valence-corrected chi connectivity index (χ2v) is 4.68. The molecule has 9 nitrogen and oxygen atoms in total. The van der Waals surface area contributed by atoms with Crippen LogP contribution in [0.2, 0.25) is 0 Å². The highest BCUT2D eigenvalue weighted by Crippen LogP contribution is 2.22. The van der Waals surface area contributed by atoms with Crippen LogP contribution in [0, 0.1) is 37.8 Å². The second-order valence-electron chi connectivity index (χ2n) is 4.68. The molecule has 0 aromatic carbocycles. The van der Waals surface area contributed by atoms with Gasteiger partial charge in [0.1, 0.15) is 29.3 Å². The molecule has 2 aromatic rings. The minimum Gasteiger partial charge on any atom is -0.359 e. The number of carbonyl (C=O) groups excluding carboxylic acids is 1. The summed E-state index contributed by atoms with van der Waals surface area (Å²) in [5.41, 5.74) is 1.63. The summed E-state index contributed by atoms with van der Waals surface area (Å²) < 4.78 is 6.25. The van der Waals surface area contributed by atoms with E-state index in [0.29, 0.717) is 22.8 Å². The van der Waals surface area contributed by atoms with Crippen molar-refractivity contribution in [3.8, 4) is 0 Å². The van der Waals surface area contributed by atoms with Crippen molar-refractivity contribution in [1.82, 2.24) is 14.9 Å². The van der Waals surface area contributed by atoms with Gasteiger partial charge in [-0.05, 0) is 27.7 Å². The van der Waals surface area contributed by atoms with Crippen molar-refractivity contribution in [2.24, 2.45) is 0 Å². The predicted molar refractivity (Wildman–Crippen MR) is 73.0 cm³/mol. The molecule has 0 aliphatic carbocycles. The Morgan fingerprint density at radius 3 is 2.48 bits per heavy atom. The number of anilines is 1. The summed E-state index contributed by atoms with van der Waals surface area (Å²) in [7, 11) is 0. The minimum absolute atomic E-state index is 0.0693. The Balaban J connectivity index is 2.18. The Kier molecular flexibility index (Phi) is 3.74. The molecule has 0 atom stereocenters. The minimum atomic E-state index is -0.500. The van der Waals surface area contributed by atoms with Crippen molar-refractivity contribution >= 4 is 17.3 Å². The zero-order valence-corrected chi connectivity index (χ0v) is 12.1. The fraction of sp³-hybridized carbons (Fsp3) is 0.417. The summed E-state index contributed by atoms with van der Waals surface area (Å²) in [5, 5.41) is 21.3. The van der Waals surface area contributed by atoms with Crippen LogP contribution in [0.25, 0.3) is 0 Å². The van der Waals surface area contributed by atoms with Crippen LogP contribution in [0.3, 0.4) is 0 Å². The van der Waals surface area contributed by atoms with Crippen molar-refractivity contribution in [2.45, 2.75) is 34.2 Å². The largest absolute Gasteiger partial charge is 0.359 e. The smallest absolute Gasteiger partial charge is 0.312 e. The Bertz CT molecular complexity index is 696. The summed E-state index contributed by atoms with van der Waals surface area (Å²) in [4.78, 5) is 22.4. The average Bonchev–Trinajstić information content (AvgIpc) is 2.83. The molecule has 2 heterocycles. The third-order valence-electron chi connectivity index (χ3n) is 3.12. The molecule has 1 N–H and O–H groups in total. The standard InChI is InChI=1S/C12H15N5O4/c1-6-11(9(4)21-15-6)13-10(18)5-16-8(3)12(17(19)20)7(2)14-16/h5H2,1-4H3,(H,13,18). The topological polar surface area (TPSA) is 116 Å². The molecule has 0 aliphatic rings. The molecule has 0 saturated heterocycles. The summed E-state index contributed by atoms with van der Waals surface area (Å²) in [6, 6.07) is 0. The van der Waals surface area contributed by atoms with Gasteiger partial charge in [-0.15, -0.1) is 0 Å². The highest BCUT2D eigenvalue weighted by molar-refractivity contribution is 5.91. The first-order valence-corrected chi connectivity index (χ1v) is 6.22. The van der Waals surface area contributed by atoms with Gasteiger partial charge in [-0.1, -0.05) is 5.16 Å². The monoisotopic (exact) mass is 293 g/mol. The van der Waals surface area contributed by atoms with Crippen molar-refractivity contribution in [3.05, 3.63) is 33.0 Å². The van der Waals surface area contributed by atoms with Gasteiger partial charge in [0.05, 0.1) is 4.92 Å². The average molecular weight is 293 g/mol. The zero-order valence-electron chi connectivity index (χ0n) is 12.1. The Morgan fingerprint density at radius 2 is 2.00 bits per heavy atom. The Labute approximate surface area is 120 Å². The van der Waals surface area contributed by atoms with E-state index in [1.165, 1.54) is 11.6 Å². The van der Waals surface area contributed by atoms with E-state index in [9.17, 15) is 14.9 Å². The molecule has 9 heteroatoms. The van der Waals surface area contributed by atoms with Gasteiger partial charge in [-0.3, -0.25) is 19.6 Å². The Hall–Kier alpha value is -2.71. The lowest BCUT2D eigenvalue weighted by molar-refractivity contribution is -0.386. The van der Waals surface area contributed by atoms with Gasteiger partial charge >= 0.3 is 5.69 Å². The fourth-order valence-electron chi connectivity index (χ4n) is 2.08. The molecule has 112 valence electrons. The highest BCUT2D eigenvalue weighted by Gasteiger charge is 2.23. The lowest BCUT2D eigenvalue weighted by Crippen LogP contribution is -2.21. The molecule has 0 radical (unpaired) electrons. The maximum absolute atomic E-state index is 12.0. The number of hydrogen-bond acceptors (Lipinski definition) is 6. The maximum Gasteiger partial charge on any atom is 0.312 e. The Morgan fingerprint density at radius 1 is 1.33 bits per heavy atom. The van der Waals surface area contributed by atoms with Crippen LogP contribution in [0.1, 0.15) is 22.8 Å². The van der Waals surface area contributed by atoms with Gasteiger partial charge in [-0.2, -0.15) is 5.10 Å². The molecule has 2 aromatic heterocycles. The summed E-state index contributed by atoms with van der Waals surface area (Å²) in [6.07, 6.45) is 0. The molecular formula is C12H15N5O4. The number of nitro groups is 1. The molecule has 0 bridgehead atoms. The van der Waals surface area contributed by atoms with E-state index in [0.717, 1.165) is 0 Å². The van der Waals surface area contributed by atoms with Crippen molar-refractivity contribution in [3.63, 3.8) is 0 Å². The van der Waals surface area contributed by atoms with E-state index < -0.39 is 4.92 Å². The molecule has 2 rings (SSSR count). The first-order valence-electron chi connectivity index (χ1n) is 6.22. The molecule has 1 amide bonds. The van der Waals surface area contributed by atoms with Crippen molar-refractivity contribution in [1.29, 1.82) is 0 Å². The van der Waals surface area contributed by atoms with Crippen LogP contribution < -0.4 is 5.32 Å². The SMILES string of the molecule is Cc1noc(C)c1NC(=O)Cn1nc(C)c([N+](=O)[O-])c1C. The van der Waals surface area contributed by atoms with Crippen LogP contribution in [0.15, 0.2) is 4.52 Å². The fourth-order valence-corrected chi connectivity index (χ4v) is 2.08. The van der Waals surface area contributed by atoms with Gasteiger partial charge in [0.2, 0.25) is 5.91 Å². The summed E-state index contributed by atoms with van der Waals surface area (Å²) in [6.45, 7) is 6.36. The van der Waals surface area contributed by atoms with Gasteiger partial charge < -0.3 is 9.84 Å². The molecule has 0 unspecified atom stereocenters. The normalized spacial score (nSPS) is 10.7. The van der Waals surface area contributed by atoms with Crippen LogP contribution in [-0.2, 0) is 11.3 Å². The van der Waals surface area contributed by atoms with Gasteiger partial charge in [0.25, 0.3) is 0 Å². The number of carbonyl (C=O) groups is 1.